The third-order valence-corrected chi connectivity index (χ3v) is 5.41. The van der Waals surface area contributed by atoms with E-state index in [0.29, 0.717) is 18.0 Å². The smallest absolute Gasteiger partial charge is 0.256 e. The fraction of sp³-hybridized carbons (Fsp3) is 0.737. The Kier molecular flexibility index (Phi) is 4.98. The van der Waals surface area contributed by atoms with E-state index in [-0.39, 0.29) is 0 Å². The molecule has 1 atom stereocenters. The van der Waals surface area contributed by atoms with Crippen LogP contribution in [0.3, 0.4) is 0 Å². The molecule has 7 nitrogen and oxygen atoms in total. The molecule has 2 aromatic rings. The summed E-state index contributed by atoms with van der Waals surface area (Å²) in [6.45, 7) is 9.43. The normalized spacial score (nSPS) is 22.3. The summed E-state index contributed by atoms with van der Waals surface area (Å²) in [5.41, 5.74) is 0. The topological polar surface area (TPSA) is 70.4 Å². The van der Waals surface area contributed by atoms with Crippen molar-refractivity contribution in [2.45, 2.75) is 70.9 Å². The minimum atomic E-state index is 0.334. The van der Waals surface area contributed by atoms with Gasteiger partial charge in [-0.05, 0) is 33.6 Å². The average Bonchev–Trinajstić information content (AvgIpc) is 3.05. The number of piperazine rings is 1. The third kappa shape index (κ3) is 3.63. The van der Waals surface area contributed by atoms with Crippen LogP contribution in [0.25, 0.3) is 5.78 Å². The third-order valence-electron chi connectivity index (χ3n) is 5.41. The van der Waals surface area contributed by atoms with Crippen LogP contribution < -0.4 is 15.5 Å². The van der Waals surface area contributed by atoms with Crippen LogP contribution in [-0.4, -0.2) is 51.3 Å². The van der Waals surface area contributed by atoms with Gasteiger partial charge in [-0.3, -0.25) is 0 Å². The predicted octanol–water partition coefficient (Wildman–Crippen LogP) is 2.79. The molecule has 1 unspecified atom stereocenters. The number of fused-ring (bicyclic) bond motifs is 1. The van der Waals surface area contributed by atoms with E-state index in [9.17, 15) is 0 Å². The molecule has 2 fully saturated rings. The molecule has 0 aromatic carbocycles. The molecule has 0 bridgehead atoms. The molecular formula is C19H31N7. The van der Waals surface area contributed by atoms with E-state index in [1.807, 2.05) is 4.52 Å². The zero-order chi connectivity index (χ0) is 18.1. The lowest BCUT2D eigenvalue weighted by atomic mass is 9.89. The van der Waals surface area contributed by atoms with Gasteiger partial charge in [0, 0.05) is 43.7 Å². The number of rotatable bonds is 4. The van der Waals surface area contributed by atoms with E-state index >= 15 is 0 Å². The van der Waals surface area contributed by atoms with E-state index in [4.69, 9.17) is 15.1 Å². The van der Waals surface area contributed by atoms with Gasteiger partial charge in [-0.25, -0.2) is 0 Å². The minimum Gasteiger partial charge on any atom is -0.368 e. The highest BCUT2D eigenvalue weighted by molar-refractivity contribution is 5.56. The first-order valence-corrected chi connectivity index (χ1v) is 10.1. The zero-order valence-electron chi connectivity index (χ0n) is 16.2. The van der Waals surface area contributed by atoms with Crippen molar-refractivity contribution in [1.82, 2.24) is 24.9 Å². The molecule has 4 rings (SSSR count). The van der Waals surface area contributed by atoms with Crippen molar-refractivity contribution < 1.29 is 0 Å². The lowest BCUT2D eigenvalue weighted by molar-refractivity contribution is 0.428. The van der Waals surface area contributed by atoms with Crippen LogP contribution in [0.1, 0.15) is 64.6 Å². The Labute approximate surface area is 155 Å². The maximum Gasteiger partial charge on any atom is 0.256 e. The molecule has 0 amide bonds. The van der Waals surface area contributed by atoms with Crippen molar-refractivity contribution >= 4 is 17.4 Å². The van der Waals surface area contributed by atoms with Crippen LogP contribution in [0.4, 0.5) is 11.6 Å². The molecule has 3 heterocycles. The van der Waals surface area contributed by atoms with Gasteiger partial charge in [0.05, 0.1) is 0 Å². The van der Waals surface area contributed by atoms with Gasteiger partial charge in [0.25, 0.3) is 5.78 Å². The first-order valence-electron chi connectivity index (χ1n) is 10.1. The van der Waals surface area contributed by atoms with Crippen molar-refractivity contribution in [1.29, 1.82) is 0 Å². The molecule has 7 heteroatoms. The van der Waals surface area contributed by atoms with E-state index in [1.165, 1.54) is 32.1 Å². The number of nitrogens with one attached hydrogen (secondary N) is 2. The van der Waals surface area contributed by atoms with Crippen LogP contribution in [0.5, 0.6) is 0 Å². The van der Waals surface area contributed by atoms with Crippen LogP contribution in [0.15, 0.2) is 6.07 Å². The Hall–Kier alpha value is -1.89. The maximum atomic E-state index is 4.91. The zero-order valence-corrected chi connectivity index (χ0v) is 16.2. The van der Waals surface area contributed by atoms with Crippen molar-refractivity contribution in [2.75, 3.05) is 29.9 Å². The summed E-state index contributed by atoms with van der Waals surface area (Å²) >= 11 is 0. The monoisotopic (exact) mass is 357 g/mol. The predicted molar refractivity (Wildman–Crippen MR) is 105 cm³/mol. The molecule has 1 saturated heterocycles. The summed E-state index contributed by atoms with van der Waals surface area (Å²) in [7, 11) is 0. The Bertz CT molecular complexity index is 748. The van der Waals surface area contributed by atoms with Crippen molar-refractivity contribution in [3.63, 3.8) is 0 Å². The number of hydrogen-bond acceptors (Lipinski definition) is 6. The Morgan fingerprint density at radius 3 is 2.73 bits per heavy atom. The maximum absolute atomic E-state index is 4.91. The fourth-order valence-corrected chi connectivity index (χ4v) is 4.14. The molecule has 26 heavy (non-hydrogen) atoms. The van der Waals surface area contributed by atoms with Gasteiger partial charge in [-0.1, -0.05) is 19.3 Å². The summed E-state index contributed by atoms with van der Waals surface area (Å²) in [5.74, 6) is 4.17. The number of aromatic nitrogens is 4. The lowest BCUT2D eigenvalue weighted by Crippen LogP contribution is -2.49. The highest BCUT2D eigenvalue weighted by atomic mass is 15.4. The van der Waals surface area contributed by atoms with Gasteiger partial charge in [-0.2, -0.15) is 14.5 Å². The average molecular weight is 358 g/mol. The molecule has 0 radical (unpaired) electrons. The van der Waals surface area contributed by atoms with Crippen LogP contribution >= 0.6 is 0 Å². The lowest BCUT2D eigenvalue weighted by Gasteiger charge is -2.33. The Balaban J connectivity index is 1.74. The second kappa shape index (κ2) is 7.39. The standard InChI is InChI=1S/C19H31N7/c1-13(2)21-16-11-17(25-10-9-20-14(3)12-25)26-19(22-16)23-18(24-26)15-7-5-4-6-8-15/h11,13-15,20H,4-10,12H2,1-3H3,(H,21,22,23,24). The first kappa shape index (κ1) is 17.5. The van der Waals surface area contributed by atoms with E-state index in [1.54, 1.807) is 0 Å². The molecule has 2 aliphatic rings. The highest BCUT2D eigenvalue weighted by Gasteiger charge is 2.24. The van der Waals surface area contributed by atoms with Gasteiger partial charge in [-0.15, -0.1) is 5.10 Å². The Morgan fingerprint density at radius 2 is 2.00 bits per heavy atom. The highest BCUT2D eigenvalue weighted by Crippen LogP contribution is 2.31. The second-order valence-corrected chi connectivity index (χ2v) is 8.12. The van der Waals surface area contributed by atoms with Crippen LogP contribution in [0, 0.1) is 0 Å². The summed E-state index contributed by atoms with van der Waals surface area (Å²) in [6.07, 6.45) is 6.32. The quantitative estimate of drug-likeness (QED) is 0.877. The summed E-state index contributed by atoms with van der Waals surface area (Å²) in [6, 6.07) is 2.93. The SMILES string of the molecule is CC(C)Nc1cc(N2CCNC(C)C2)n2nc(C3CCCCC3)nc2n1. The van der Waals surface area contributed by atoms with E-state index < -0.39 is 0 Å². The number of anilines is 2. The van der Waals surface area contributed by atoms with Crippen LogP contribution in [-0.2, 0) is 0 Å². The molecule has 142 valence electrons. The van der Waals surface area contributed by atoms with Gasteiger partial charge < -0.3 is 15.5 Å². The summed E-state index contributed by atoms with van der Waals surface area (Å²) in [5, 5.41) is 11.9. The van der Waals surface area contributed by atoms with E-state index in [0.717, 1.165) is 42.9 Å². The number of nitrogens with zero attached hydrogens (tertiary/aromatic N) is 5. The Morgan fingerprint density at radius 1 is 1.19 bits per heavy atom. The summed E-state index contributed by atoms with van der Waals surface area (Å²) < 4.78 is 1.97. The molecular weight excluding hydrogens is 326 g/mol. The second-order valence-electron chi connectivity index (χ2n) is 8.12. The molecule has 2 N–H and O–H groups in total. The first-order chi connectivity index (χ1) is 12.6. The molecule has 1 saturated carbocycles. The van der Waals surface area contributed by atoms with Crippen LogP contribution in [0.2, 0.25) is 0 Å². The molecule has 1 aliphatic heterocycles. The minimum absolute atomic E-state index is 0.334. The van der Waals surface area contributed by atoms with E-state index in [2.05, 4.69) is 42.4 Å². The van der Waals surface area contributed by atoms with Gasteiger partial charge >= 0.3 is 0 Å². The molecule has 0 spiro atoms. The van der Waals surface area contributed by atoms with Crippen molar-refractivity contribution in [3.05, 3.63) is 11.9 Å². The van der Waals surface area contributed by atoms with Crippen molar-refractivity contribution in [3.8, 4) is 0 Å². The fourth-order valence-electron chi connectivity index (χ4n) is 4.14. The number of hydrogen-bond donors (Lipinski definition) is 2. The van der Waals surface area contributed by atoms with Gasteiger partial charge in [0.1, 0.15) is 11.6 Å². The van der Waals surface area contributed by atoms with Crippen molar-refractivity contribution in [2.24, 2.45) is 0 Å². The summed E-state index contributed by atoms with van der Waals surface area (Å²) in [4.78, 5) is 12.0. The largest absolute Gasteiger partial charge is 0.368 e. The van der Waals surface area contributed by atoms with Gasteiger partial charge in [0.15, 0.2) is 5.82 Å². The molecule has 2 aromatic heterocycles. The molecule has 1 aliphatic carbocycles. The van der Waals surface area contributed by atoms with Gasteiger partial charge in [0.2, 0.25) is 0 Å².